The largest absolute Gasteiger partial charge is 0.494 e. The van der Waals surface area contributed by atoms with Gasteiger partial charge in [-0.1, -0.05) is 26.0 Å². The molecule has 1 N–H and O–H groups in total. The van der Waals surface area contributed by atoms with Crippen LogP contribution >= 0.6 is 0 Å². The monoisotopic (exact) mass is 273 g/mol. The second-order valence-electron chi connectivity index (χ2n) is 4.86. The highest BCUT2D eigenvalue weighted by molar-refractivity contribution is 5.35. The van der Waals surface area contributed by atoms with E-state index in [9.17, 15) is 0 Å². The zero-order chi connectivity index (χ0) is 14.2. The topological polar surface area (TPSA) is 34.4 Å². The smallest absolute Gasteiger partial charge is 0.119 e. The molecule has 0 aliphatic carbocycles. The average Bonchev–Trinajstić information content (AvgIpc) is 3.00. The van der Waals surface area contributed by atoms with Gasteiger partial charge in [-0.05, 0) is 43.1 Å². The van der Waals surface area contributed by atoms with Crippen LogP contribution in [-0.2, 0) is 0 Å². The molecule has 3 nitrogen and oxygen atoms in total. The molecule has 0 saturated heterocycles. The van der Waals surface area contributed by atoms with Gasteiger partial charge in [-0.2, -0.15) is 0 Å². The summed E-state index contributed by atoms with van der Waals surface area (Å²) in [5.41, 5.74) is 2.35. The molecule has 3 heteroatoms. The number of rotatable bonds is 8. The van der Waals surface area contributed by atoms with Crippen molar-refractivity contribution >= 4 is 0 Å². The molecule has 1 aromatic carbocycles. The maximum absolute atomic E-state index is 5.72. The molecule has 2 rings (SSSR count). The lowest BCUT2D eigenvalue weighted by atomic mass is 10.0. The Kier molecular flexibility index (Phi) is 5.69. The molecule has 0 aliphatic heterocycles. The molecular formula is C17H23NO2. The fourth-order valence-corrected chi connectivity index (χ4v) is 2.16. The van der Waals surface area contributed by atoms with Gasteiger partial charge in [0.2, 0.25) is 0 Å². The summed E-state index contributed by atoms with van der Waals surface area (Å²) in [5.74, 6) is 0.927. The van der Waals surface area contributed by atoms with Crippen LogP contribution in [0.5, 0.6) is 5.75 Å². The number of furan rings is 1. The van der Waals surface area contributed by atoms with Gasteiger partial charge >= 0.3 is 0 Å². The first kappa shape index (κ1) is 14.7. The molecule has 0 radical (unpaired) electrons. The zero-order valence-corrected chi connectivity index (χ0v) is 12.3. The molecule has 0 spiro atoms. The van der Waals surface area contributed by atoms with Crippen LogP contribution in [0.3, 0.4) is 0 Å². The molecule has 0 aliphatic rings. The predicted octanol–water partition coefficient (Wildman–Crippen LogP) is 4.16. The minimum Gasteiger partial charge on any atom is -0.494 e. The molecule has 2 aromatic rings. The van der Waals surface area contributed by atoms with Crippen LogP contribution in [0.25, 0.3) is 0 Å². The highest BCUT2D eigenvalue weighted by Gasteiger charge is 2.15. The van der Waals surface area contributed by atoms with E-state index in [1.165, 1.54) is 5.56 Å². The van der Waals surface area contributed by atoms with Crippen molar-refractivity contribution in [1.82, 2.24) is 5.32 Å². The lowest BCUT2D eigenvalue weighted by Crippen LogP contribution is -2.22. The Balaban J connectivity index is 2.19. The minimum absolute atomic E-state index is 0.152. The van der Waals surface area contributed by atoms with Crippen LogP contribution in [0.4, 0.5) is 0 Å². The van der Waals surface area contributed by atoms with Crippen molar-refractivity contribution in [2.75, 3.05) is 13.2 Å². The fourth-order valence-electron chi connectivity index (χ4n) is 2.16. The Morgan fingerprint density at radius 2 is 2.05 bits per heavy atom. The SMILES string of the molecule is CCCNC(c1ccoc1)c1cccc(OCCC)c1. The van der Waals surface area contributed by atoms with Crippen LogP contribution in [0.15, 0.2) is 47.3 Å². The molecule has 108 valence electrons. The van der Waals surface area contributed by atoms with E-state index in [-0.39, 0.29) is 6.04 Å². The Labute approximate surface area is 121 Å². The number of hydrogen-bond acceptors (Lipinski definition) is 3. The molecule has 1 aromatic heterocycles. The molecule has 0 bridgehead atoms. The summed E-state index contributed by atoms with van der Waals surface area (Å²) in [4.78, 5) is 0. The zero-order valence-electron chi connectivity index (χ0n) is 12.3. The van der Waals surface area contributed by atoms with Crippen molar-refractivity contribution in [2.45, 2.75) is 32.7 Å². The van der Waals surface area contributed by atoms with Crippen molar-refractivity contribution in [3.05, 3.63) is 54.0 Å². The molecule has 1 unspecified atom stereocenters. The third-order valence-corrected chi connectivity index (χ3v) is 3.14. The summed E-state index contributed by atoms with van der Waals surface area (Å²) < 4.78 is 10.9. The molecule has 20 heavy (non-hydrogen) atoms. The van der Waals surface area contributed by atoms with Gasteiger partial charge in [0.25, 0.3) is 0 Å². The number of ether oxygens (including phenoxy) is 1. The first-order valence-corrected chi connectivity index (χ1v) is 7.33. The Bertz CT molecular complexity index is 493. The second kappa shape index (κ2) is 7.75. The van der Waals surface area contributed by atoms with E-state index in [1.54, 1.807) is 12.5 Å². The second-order valence-corrected chi connectivity index (χ2v) is 4.86. The van der Waals surface area contributed by atoms with E-state index in [1.807, 2.05) is 18.2 Å². The molecule has 1 atom stereocenters. The van der Waals surface area contributed by atoms with Gasteiger partial charge in [-0.3, -0.25) is 0 Å². The summed E-state index contributed by atoms with van der Waals surface area (Å²) in [6, 6.07) is 10.4. The van der Waals surface area contributed by atoms with Crippen LogP contribution in [0.2, 0.25) is 0 Å². The summed E-state index contributed by atoms with van der Waals surface area (Å²) in [7, 11) is 0. The van der Waals surface area contributed by atoms with E-state index >= 15 is 0 Å². The summed E-state index contributed by atoms with van der Waals surface area (Å²) in [5, 5.41) is 3.56. The molecule has 1 heterocycles. The first-order valence-electron chi connectivity index (χ1n) is 7.33. The normalized spacial score (nSPS) is 12.3. The molecule has 0 amide bonds. The van der Waals surface area contributed by atoms with Crippen molar-refractivity contribution in [3.63, 3.8) is 0 Å². The van der Waals surface area contributed by atoms with Gasteiger partial charge in [-0.25, -0.2) is 0 Å². The predicted molar refractivity (Wildman–Crippen MR) is 81.1 cm³/mol. The Morgan fingerprint density at radius 3 is 2.75 bits per heavy atom. The summed E-state index contributed by atoms with van der Waals surface area (Å²) >= 11 is 0. The van der Waals surface area contributed by atoms with Crippen molar-refractivity contribution in [1.29, 1.82) is 0 Å². The van der Waals surface area contributed by atoms with Gasteiger partial charge in [0.05, 0.1) is 25.2 Å². The number of hydrogen-bond donors (Lipinski definition) is 1. The third kappa shape index (κ3) is 3.87. The van der Waals surface area contributed by atoms with Gasteiger partial charge < -0.3 is 14.5 Å². The summed E-state index contributed by atoms with van der Waals surface area (Å²) in [6.45, 7) is 6.00. The lowest BCUT2D eigenvalue weighted by Gasteiger charge is -2.18. The van der Waals surface area contributed by atoms with Crippen molar-refractivity contribution in [3.8, 4) is 5.75 Å². The fraction of sp³-hybridized carbons (Fsp3) is 0.412. The number of benzene rings is 1. The quantitative estimate of drug-likeness (QED) is 0.784. The molecule has 0 fully saturated rings. The third-order valence-electron chi connectivity index (χ3n) is 3.14. The highest BCUT2D eigenvalue weighted by Crippen LogP contribution is 2.25. The standard InChI is InChI=1S/C17H23NO2/c1-3-9-18-17(15-8-11-19-13-15)14-6-5-7-16(12-14)20-10-4-2/h5-8,11-13,17-18H,3-4,9-10H2,1-2H3. The molecular weight excluding hydrogens is 250 g/mol. The van der Waals surface area contributed by atoms with Crippen LogP contribution in [0.1, 0.15) is 43.9 Å². The number of nitrogens with one attached hydrogen (secondary N) is 1. The van der Waals surface area contributed by atoms with Crippen LogP contribution < -0.4 is 10.1 Å². The van der Waals surface area contributed by atoms with Crippen LogP contribution in [0, 0.1) is 0 Å². The maximum atomic E-state index is 5.72. The summed E-state index contributed by atoms with van der Waals surface area (Å²) in [6.07, 6.45) is 5.63. The van der Waals surface area contributed by atoms with Gasteiger partial charge in [0.15, 0.2) is 0 Å². The van der Waals surface area contributed by atoms with Gasteiger partial charge in [0.1, 0.15) is 5.75 Å². The lowest BCUT2D eigenvalue weighted by molar-refractivity contribution is 0.317. The van der Waals surface area contributed by atoms with Gasteiger partial charge in [-0.15, -0.1) is 0 Å². The van der Waals surface area contributed by atoms with E-state index < -0.39 is 0 Å². The first-order chi connectivity index (χ1) is 9.85. The molecule has 0 saturated carbocycles. The van der Waals surface area contributed by atoms with E-state index in [0.29, 0.717) is 0 Å². The van der Waals surface area contributed by atoms with Gasteiger partial charge in [0, 0.05) is 5.56 Å². The van der Waals surface area contributed by atoms with E-state index in [4.69, 9.17) is 9.15 Å². The maximum Gasteiger partial charge on any atom is 0.119 e. The van der Waals surface area contributed by atoms with Crippen molar-refractivity contribution < 1.29 is 9.15 Å². The van der Waals surface area contributed by atoms with Crippen molar-refractivity contribution in [2.24, 2.45) is 0 Å². The van der Waals surface area contributed by atoms with Crippen LogP contribution in [-0.4, -0.2) is 13.2 Å². The Hall–Kier alpha value is -1.74. The highest BCUT2D eigenvalue weighted by atomic mass is 16.5. The average molecular weight is 273 g/mol. The van der Waals surface area contributed by atoms with E-state index in [0.717, 1.165) is 37.3 Å². The Morgan fingerprint density at radius 1 is 1.15 bits per heavy atom. The van der Waals surface area contributed by atoms with E-state index in [2.05, 4.69) is 31.3 Å². The minimum atomic E-state index is 0.152.